The summed E-state index contributed by atoms with van der Waals surface area (Å²) in [4.78, 5) is 0. The van der Waals surface area contributed by atoms with E-state index < -0.39 is 0 Å². The van der Waals surface area contributed by atoms with Gasteiger partial charge >= 0.3 is 0 Å². The Morgan fingerprint density at radius 1 is 0.846 bits per heavy atom. The highest BCUT2D eigenvalue weighted by atomic mass is 14.9. The second-order valence-electron chi connectivity index (χ2n) is 7.54. The SMILES string of the molecule is CN[C@]1(C)c2ccccc2C[C@H](CCc2ccccc2)c2ccccc21. The number of aryl methyl sites for hydroxylation is 1. The van der Waals surface area contributed by atoms with Gasteiger partial charge in [0.25, 0.3) is 0 Å². The molecule has 3 aromatic rings. The van der Waals surface area contributed by atoms with E-state index in [1.54, 1.807) is 0 Å². The normalized spacial score (nSPS) is 21.5. The van der Waals surface area contributed by atoms with Crippen molar-refractivity contribution in [2.24, 2.45) is 0 Å². The summed E-state index contributed by atoms with van der Waals surface area (Å²) in [6.45, 7) is 2.32. The van der Waals surface area contributed by atoms with Gasteiger partial charge in [-0.05, 0) is 67.0 Å². The van der Waals surface area contributed by atoms with Crippen molar-refractivity contribution in [1.82, 2.24) is 5.32 Å². The molecule has 0 radical (unpaired) electrons. The van der Waals surface area contributed by atoms with Crippen LogP contribution in [0.4, 0.5) is 0 Å². The molecule has 1 N–H and O–H groups in total. The third-order valence-corrected chi connectivity index (χ3v) is 6.09. The summed E-state index contributed by atoms with van der Waals surface area (Å²) in [6, 6.07) is 28.8. The smallest absolute Gasteiger partial charge is 0.0664 e. The van der Waals surface area contributed by atoms with Crippen molar-refractivity contribution in [3.63, 3.8) is 0 Å². The first-order valence-electron chi connectivity index (χ1n) is 9.63. The van der Waals surface area contributed by atoms with Gasteiger partial charge in [-0.1, -0.05) is 78.9 Å². The lowest BCUT2D eigenvalue weighted by atomic mass is 9.81. The lowest BCUT2D eigenvalue weighted by molar-refractivity contribution is 0.481. The van der Waals surface area contributed by atoms with Crippen LogP contribution in [-0.4, -0.2) is 7.05 Å². The summed E-state index contributed by atoms with van der Waals surface area (Å²) in [5.74, 6) is 0.544. The van der Waals surface area contributed by atoms with Crippen LogP contribution in [0.2, 0.25) is 0 Å². The summed E-state index contributed by atoms with van der Waals surface area (Å²) in [5, 5.41) is 3.63. The van der Waals surface area contributed by atoms with Crippen LogP contribution in [0, 0.1) is 0 Å². The zero-order valence-corrected chi connectivity index (χ0v) is 15.7. The maximum Gasteiger partial charge on any atom is 0.0664 e. The molecule has 4 rings (SSSR count). The molecule has 1 nitrogen and oxygen atoms in total. The first kappa shape index (κ1) is 17.1. The topological polar surface area (TPSA) is 12.0 Å². The molecule has 0 saturated heterocycles. The van der Waals surface area contributed by atoms with Crippen molar-refractivity contribution < 1.29 is 0 Å². The molecule has 2 atom stereocenters. The van der Waals surface area contributed by atoms with Gasteiger partial charge < -0.3 is 5.32 Å². The van der Waals surface area contributed by atoms with Crippen molar-refractivity contribution >= 4 is 0 Å². The Morgan fingerprint density at radius 3 is 2.27 bits per heavy atom. The summed E-state index contributed by atoms with van der Waals surface area (Å²) >= 11 is 0. The standard InChI is InChI=1S/C25H27N/c1-25(26-2)23-14-8-6-12-21(23)18-20(22-13-7-9-15-24(22)25)17-16-19-10-4-3-5-11-19/h3-15,20,26H,16-18H2,1-2H3/t20-,25+/m0/s1. The molecule has 0 fully saturated rings. The minimum atomic E-state index is -0.144. The molecule has 0 aromatic heterocycles. The van der Waals surface area contributed by atoms with E-state index in [4.69, 9.17) is 0 Å². The van der Waals surface area contributed by atoms with Gasteiger partial charge in [0.15, 0.2) is 0 Å². The van der Waals surface area contributed by atoms with Gasteiger partial charge in [-0.15, -0.1) is 0 Å². The average Bonchev–Trinajstić information content (AvgIpc) is 2.81. The molecule has 0 bridgehead atoms. The maximum atomic E-state index is 3.63. The molecule has 0 spiro atoms. The third-order valence-electron chi connectivity index (χ3n) is 6.09. The average molecular weight is 341 g/mol. The molecule has 3 aromatic carbocycles. The summed E-state index contributed by atoms with van der Waals surface area (Å²) in [5.41, 5.74) is 7.09. The Hall–Kier alpha value is -2.38. The van der Waals surface area contributed by atoms with Crippen LogP contribution in [0.5, 0.6) is 0 Å². The van der Waals surface area contributed by atoms with E-state index >= 15 is 0 Å². The molecular formula is C25H27N. The Balaban J connectivity index is 1.77. The second kappa shape index (κ2) is 7.09. The molecule has 0 aliphatic heterocycles. The van der Waals surface area contributed by atoms with Gasteiger partial charge in [0, 0.05) is 0 Å². The number of hydrogen-bond donors (Lipinski definition) is 1. The first-order valence-corrected chi connectivity index (χ1v) is 9.63. The highest BCUT2D eigenvalue weighted by molar-refractivity contribution is 5.50. The monoisotopic (exact) mass is 341 g/mol. The van der Waals surface area contributed by atoms with Gasteiger partial charge in [-0.2, -0.15) is 0 Å². The Labute approximate surface area is 157 Å². The van der Waals surface area contributed by atoms with E-state index in [-0.39, 0.29) is 5.54 Å². The van der Waals surface area contributed by atoms with Crippen LogP contribution in [0.25, 0.3) is 0 Å². The second-order valence-corrected chi connectivity index (χ2v) is 7.54. The van der Waals surface area contributed by atoms with Crippen LogP contribution in [0.1, 0.15) is 47.1 Å². The number of nitrogens with one attached hydrogen (secondary N) is 1. The Bertz CT molecular complexity index is 883. The molecule has 1 aliphatic rings. The lowest BCUT2D eigenvalue weighted by Gasteiger charge is -2.32. The highest BCUT2D eigenvalue weighted by Crippen LogP contribution is 2.42. The van der Waals surface area contributed by atoms with Gasteiger partial charge in [0.1, 0.15) is 0 Å². The maximum absolute atomic E-state index is 3.63. The quantitative estimate of drug-likeness (QED) is 0.666. The molecule has 1 heteroatoms. The van der Waals surface area contributed by atoms with Crippen molar-refractivity contribution in [3.05, 3.63) is 107 Å². The van der Waals surface area contributed by atoms with E-state index in [0.717, 1.165) is 12.8 Å². The molecule has 1 aliphatic carbocycles. The number of hydrogen-bond acceptors (Lipinski definition) is 1. The van der Waals surface area contributed by atoms with Crippen LogP contribution in [0.3, 0.4) is 0 Å². The van der Waals surface area contributed by atoms with Crippen molar-refractivity contribution in [1.29, 1.82) is 0 Å². The van der Waals surface area contributed by atoms with Crippen LogP contribution in [-0.2, 0) is 18.4 Å². The van der Waals surface area contributed by atoms with E-state index in [2.05, 4.69) is 98.2 Å². The molecule has 0 heterocycles. The molecule has 0 unspecified atom stereocenters. The molecule has 0 saturated carbocycles. The summed E-state index contributed by atoms with van der Waals surface area (Å²) in [6.07, 6.45) is 3.41. The van der Waals surface area contributed by atoms with Gasteiger partial charge in [-0.25, -0.2) is 0 Å². The largest absolute Gasteiger partial charge is 0.307 e. The summed E-state index contributed by atoms with van der Waals surface area (Å²) in [7, 11) is 2.08. The molecular weight excluding hydrogens is 314 g/mol. The van der Waals surface area contributed by atoms with E-state index in [1.165, 1.54) is 34.2 Å². The van der Waals surface area contributed by atoms with Gasteiger partial charge in [0.2, 0.25) is 0 Å². The molecule has 26 heavy (non-hydrogen) atoms. The number of benzene rings is 3. The predicted molar refractivity (Wildman–Crippen MR) is 110 cm³/mol. The first-order chi connectivity index (χ1) is 12.7. The zero-order valence-electron chi connectivity index (χ0n) is 15.7. The van der Waals surface area contributed by atoms with Crippen LogP contribution in [0.15, 0.2) is 78.9 Å². The fraction of sp³-hybridized carbons (Fsp3) is 0.280. The third kappa shape index (κ3) is 2.97. The van der Waals surface area contributed by atoms with Crippen LogP contribution >= 0.6 is 0 Å². The zero-order chi connectivity index (χ0) is 18.0. The van der Waals surface area contributed by atoms with E-state index in [0.29, 0.717) is 5.92 Å². The highest BCUT2D eigenvalue weighted by Gasteiger charge is 2.36. The fourth-order valence-electron chi connectivity index (χ4n) is 4.53. The minimum absolute atomic E-state index is 0.144. The van der Waals surface area contributed by atoms with Crippen molar-refractivity contribution in [2.75, 3.05) is 7.05 Å². The van der Waals surface area contributed by atoms with Crippen molar-refractivity contribution in [3.8, 4) is 0 Å². The lowest BCUT2D eigenvalue weighted by Crippen LogP contribution is -2.38. The van der Waals surface area contributed by atoms with Gasteiger partial charge in [-0.3, -0.25) is 0 Å². The predicted octanol–water partition coefficient (Wildman–Crippen LogP) is 5.44. The van der Waals surface area contributed by atoms with Gasteiger partial charge in [0.05, 0.1) is 5.54 Å². The minimum Gasteiger partial charge on any atom is -0.307 e. The number of fused-ring (bicyclic) bond motifs is 2. The Kier molecular flexibility index (Phi) is 4.65. The Morgan fingerprint density at radius 2 is 1.50 bits per heavy atom. The number of rotatable bonds is 4. The van der Waals surface area contributed by atoms with Crippen LogP contribution < -0.4 is 5.32 Å². The summed E-state index contributed by atoms with van der Waals surface area (Å²) < 4.78 is 0. The van der Waals surface area contributed by atoms with Crippen molar-refractivity contribution in [2.45, 2.75) is 37.6 Å². The molecule has 132 valence electrons. The van der Waals surface area contributed by atoms with E-state index in [1.807, 2.05) is 0 Å². The molecule has 0 amide bonds. The fourth-order valence-corrected chi connectivity index (χ4v) is 4.53. The van der Waals surface area contributed by atoms with E-state index in [9.17, 15) is 0 Å².